The molecule has 0 fully saturated rings. The lowest BCUT2D eigenvalue weighted by Crippen LogP contribution is -2.04. The molecular formula is C23H16N4O2. The predicted octanol–water partition coefficient (Wildman–Crippen LogP) is 4.86. The van der Waals surface area contributed by atoms with Crippen LogP contribution in [-0.2, 0) is 4.79 Å². The normalized spacial score (nSPS) is 11.0. The van der Waals surface area contributed by atoms with Crippen LogP contribution >= 0.6 is 0 Å². The molecule has 0 aliphatic carbocycles. The van der Waals surface area contributed by atoms with Gasteiger partial charge in [-0.2, -0.15) is 0 Å². The Bertz CT molecular complexity index is 1310. The van der Waals surface area contributed by atoms with Gasteiger partial charge in [-0.1, -0.05) is 30.8 Å². The number of hydrogen-bond donors (Lipinski definition) is 2. The van der Waals surface area contributed by atoms with Crippen molar-refractivity contribution >= 4 is 28.0 Å². The number of rotatable bonds is 4. The SMILES string of the molecule is C=CC(=O)Oc1ccc(-c2nc3ccccc3[nH]2)cc1-c1nc2ccccc2[nH]1. The number of aromatic nitrogens is 4. The highest BCUT2D eigenvalue weighted by Gasteiger charge is 2.16. The minimum atomic E-state index is -0.529. The number of esters is 1. The molecule has 0 radical (unpaired) electrons. The first kappa shape index (κ1) is 16.9. The Labute approximate surface area is 165 Å². The number of fused-ring (bicyclic) bond motifs is 2. The highest BCUT2D eigenvalue weighted by molar-refractivity contribution is 5.87. The molecule has 0 saturated heterocycles. The van der Waals surface area contributed by atoms with E-state index in [1.54, 1.807) is 6.07 Å². The van der Waals surface area contributed by atoms with Crippen molar-refractivity contribution in [2.45, 2.75) is 0 Å². The van der Waals surface area contributed by atoms with E-state index in [2.05, 4.69) is 26.5 Å². The summed E-state index contributed by atoms with van der Waals surface area (Å²) in [5, 5.41) is 0. The monoisotopic (exact) mass is 380 g/mol. The fraction of sp³-hybridized carbons (Fsp3) is 0. The smallest absolute Gasteiger partial charge is 0.335 e. The Morgan fingerprint density at radius 2 is 1.48 bits per heavy atom. The highest BCUT2D eigenvalue weighted by atomic mass is 16.5. The molecule has 29 heavy (non-hydrogen) atoms. The fourth-order valence-corrected chi connectivity index (χ4v) is 3.27. The summed E-state index contributed by atoms with van der Waals surface area (Å²) >= 11 is 0. The van der Waals surface area contributed by atoms with Gasteiger partial charge in [0.15, 0.2) is 0 Å². The number of aromatic amines is 2. The van der Waals surface area contributed by atoms with Crippen LogP contribution in [0.5, 0.6) is 5.75 Å². The molecule has 0 atom stereocenters. The van der Waals surface area contributed by atoms with E-state index in [4.69, 9.17) is 4.74 Å². The average Bonchev–Trinajstić information content (AvgIpc) is 3.38. The van der Waals surface area contributed by atoms with Gasteiger partial charge in [-0.25, -0.2) is 14.8 Å². The standard InChI is InChI=1S/C23H16N4O2/c1-2-21(28)29-20-12-11-14(22-24-16-7-3-4-8-17(16)25-22)13-15(20)23-26-18-9-5-6-10-19(18)27-23/h2-13H,1H2,(H,24,25)(H,26,27). The summed E-state index contributed by atoms with van der Waals surface area (Å²) in [4.78, 5) is 27.7. The number of imidazole rings is 2. The molecule has 5 rings (SSSR count). The number of carbonyl (C=O) groups excluding carboxylic acids is 1. The van der Waals surface area contributed by atoms with E-state index >= 15 is 0 Å². The molecule has 140 valence electrons. The lowest BCUT2D eigenvalue weighted by Gasteiger charge is -2.09. The van der Waals surface area contributed by atoms with E-state index in [1.807, 2.05) is 60.7 Å². The molecule has 2 heterocycles. The quantitative estimate of drug-likeness (QED) is 0.265. The van der Waals surface area contributed by atoms with Crippen LogP contribution in [0.25, 0.3) is 44.8 Å². The second-order valence-corrected chi connectivity index (χ2v) is 6.54. The first-order valence-electron chi connectivity index (χ1n) is 9.10. The maximum Gasteiger partial charge on any atom is 0.335 e. The molecule has 6 heteroatoms. The van der Waals surface area contributed by atoms with Crippen molar-refractivity contribution in [3.05, 3.63) is 79.4 Å². The zero-order valence-electron chi connectivity index (χ0n) is 15.3. The van der Waals surface area contributed by atoms with E-state index in [-0.39, 0.29) is 0 Å². The van der Waals surface area contributed by atoms with Crippen LogP contribution < -0.4 is 4.74 Å². The maximum atomic E-state index is 11.8. The molecule has 0 bridgehead atoms. The Kier molecular flexibility index (Phi) is 3.95. The summed E-state index contributed by atoms with van der Waals surface area (Å²) in [6, 6.07) is 21.1. The molecular weight excluding hydrogens is 364 g/mol. The van der Waals surface area contributed by atoms with E-state index in [0.29, 0.717) is 17.1 Å². The number of nitrogens with zero attached hydrogens (tertiary/aromatic N) is 2. The van der Waals surface area contributed by atoms with E-state index in [9.17, 15) is 4.79 Å². The summed E-state index contributed by atoms with van der Waals surface area (Å²) in [6.45, 7) is 3.47. The maximum absolute atomic E-state index is 11.8. The van der Waals surface area contributed by atoms with Gasteiger partial charge in [0.1, 0.15) is 17.4 Å². The molecule has 6 nitrogen and oxygen atoms in total. The topological polar surface area (TPSA) is 83.7 Å². The van der Waals surface area contributed by atoms with Gasteiger partial charge in [0.25, 0.3) is 0 Å². The number of carbonyl (C=O) groups is 1. The van der Waals surface area contributed by atoms with Crippen LogP contribution in [0.3, 0.4) is 0 Å². The molecule has 3 aromatic carbocycles. The fourth-order valence-electron chi connectivity index (χ4n) is 3.27. The van der Waals surface area contributed by atoms with Gasteiger partial charge in [-0.3, -0.25) is 0 Å². The zero-order valence-corrected chi connectivity index (χ0v) is 15.3. The molecule has 0 saturated carbocycles. The van der Waals surface area contributed by atoms with Gasteiger partial charge >= 0.3 is 5.97 Å². The second-order valence-electron chi connectivity index (χ2n) is 6.54. The second kappa shape index (κ2) is 6.76. The molecule has 0 unspecified atom stereocenters. The van der Waals surface area contributed by atoms with Gasteiger partial charge in [0.05, 0.1) is 27.6 Å². The van der Waals surface area contributed by atoms with Crippen molar-refractivity contribution in [2.24, 2.45) is 0 Å². The van der Waals surface area contributed by atoms with Gasteiger partial charge in [-0.15, -0.1) is 0 Å². The molecule has 0 aliphatic rings. The summed E-state index contributed by atoms with van der Waals surface area (Å²) in [7, 11) is 0. The number of ether oxygens (including phenoxy) is 1. The summed E-state index contributed by atoms with van der Waals surface area (Å²) in [6.07, 6.45) is 1.13. The molecule has 0 amide bonds. The number of hydrogen-bond acceptors (Lipinski definition) is 4. The summed E-state index contributed by atoms with van der Waals surface area (Å²) < 4.78 is 5.45. The van der Waals surface area contributed by atoms with Crippen molar-refractivity contribution in [3.8, 4) is 28.5 Å². The number of para-hydroxylation sites is 4. The third kappa shape index (κ3) is 3.06. The van der Waals surface area contributed by atoms with Crippen LogP contribution in [0.15, 0.2) is 79.4 Å². The minimum absolute atomic E-state index is 0.397. The number of benzene rings is 3. The largest absolute Gasteiger partial charge is 0.423 e. The van der Waals surface area contributed by atoms with Crippen LogP contribution in [0.1, 0.15) is 0 Å². The van der Waals surface area contributed by atoms with E-state index < -0.39 is 5.97 Å². The lowest BCUT2D eigenvalue weighted by atomic mass is 10.1. The van der Waals surface area contributed by atoms with Crippen molar-refractivity contribution in [3.63, 3.8) is 0 Å². The number of H-pyrrole nitrogens is 2. The van der Waals surface area contributed by atoms with Gasteiger partial charge in [-0.05, 0) is 42.5 Å². The lowest BCUT2D eigenvalue weighted by molar-refractivity contribution is -0.128. The molecule has 2 N–H and O–H groups in total. The Morgan fingerprint density at radius 3 is 2.14 bits per heavy atom. The Hall–Kier alpha value is -4.19. The molecule has 0 spiro atoms. The third-order valence-corrected chi connectivity index (χ3v) is 4.66. The summed E-state index contributed by atoms with van der Waals surface area (Å²) in [5.74, 6) is 1.20. The first-order valence-corrected chi connectivity index (χ1v) is 9.10. The van der Waals surface area contributed by atoms with Crippen molar-refractivity contribution in [1.82, 2.24) is 19.9 Å². The zero-order chi connectivity index (χ0) is 19.8. The minimum Gasteiger partial charge on any atom is -0.423 e. The van der Waals surface area contributed by atoms with Crippen molar-refractivity contribution in [2.75, 3.05) is 0 Å². The van der Waals surface area contributed by atoms with Gasteiger partial charge in [0, 0.05) is 11.6 Å². The van der Waals surface area contributed by atoms with Gasteiger partial charge in [0.2, 0.25) is 0 Å². The average molecular weight is 380 g/mol. The Morgan fingerprint density at radius 1 is 0.862 bits per heavy atom. The van der Waals surface area contributed by atoms with Crippen molar-refractivity contribution in [1.29, 1.82) is 0 Å². The van der Waals surface area contributed by atoms with Crippen molar-refractivity contribution < 1.29 is 9.53 Å². The summed E-state index contributed by atoms with van der Waals surface area (Å²) in [5.41, 5.74) is 5.09. The number of nitrogens with one attached hydrogen (secondary N) is 2. The molecule has 0 aliphatic heterocycles. The third-order valence-electron chi connectivity index (χ3n) is 4.66. The van der Waals surface area contributed by atoms with Crippen LogP contribution in [0, 0.1) is 0 Å². The van der Waals surface area contributed by atoms with E-state index in [1.165, 1.54) is 0 Å². The molecule has 2 aromatic heterocycles. The Balaban J connectivity index is 1.67. The van der Waals surface area contributed by atoms with E-state index in [0.717, 1.165) is 39.5 Å². The predicted molar refractivity (Wildman–Crippen MR) is 112 cm³/mol. The van der Waals surface area contributed by atoms with Crippen LogP contribution in [-0.4, -0.2) is 25.9 Å². The van der Waals surface area contributed by atoms with Crippen LogP contribution in [0.2, 0.25) is 0 Å². The van der Waals surface area contributed by atoms with Gasteiger partial charge < -0.3 is 14.7 Å². The van der Waals surface area contributed by atoms with Crippen LogP contribution in [0.4, 0.5) is 0 Å². The molecule has 5 aromatic rings. The highest BCUT2D eigenvalue weighted by Crippen LogP contribution is 2.34. The first-order chi connectivity index (χ1) is 14.2.